The van der Waals surface area contributed by atoms with Crippen molar-refractivity contribution in [2.75, 3.05) is 0 Å². The third-order valence-electron chi connectivity index (χ3n) is 4.57. The first-order chi connectivity index (χ1) is 7.46. The summed E-state index contributed by atoms with van der Waals surface area (Å²) in [6.45, 7) is 15.9. The summed E-state index contributed by atoms with van der Waals surface area (Å²) in [4.78, 5) is 0. The van der Waals surface area contributed by atoms with E-state index in [1.54, 1.807) is 0 Å². The Morgan fingerprint density at radius 2 is 1.47 bits per heavy atom. The van der Waals surface area contributed by atoms with Gasteiger partial charge in [-0.15, -0.1) is 0 Å². The molecule has 1 fully saturated rings. The molecule has 0 radical (unpaired) electrons. The molecule has 3 atom stereocenters. The fraction of sp³-hybridized carbons (Fsp3) is 1.00. The van der Waals surface area contributed by atoms with Crippen LogP contribution in [-0.4, -0.2) is 10.7 Å². The molecule has 1 N–H and O–H groups in total. The minimum atomic E-state index is -0.507. The van der Waals surface area contributed by atoms with Crippen LogP contribution in [-0.2, 0) is 0 Å². The highest BCUT2D eigenvalue weighted by atomic mass is 16.3. The molecule has 0 saturated heterocycles. The van der Waals surface area contributed by atoms with Crippen LogP contribution in [0.15, 0.2) is 0 Å². The molecule has 0 spiro atoms. The van der Waals surface area contributed by atoms with Gasteiger partial charge in [0.15, 0.2) is 0 Å². The third kappa shape index (κ3) is 3.47. The first kappa shape index (κ1) is 15.0. The molecular formula is C16H32O. The minimum Gasteiger partial charge on any atom is -0.390 e. The predicted octanol–water partition coefficient (Wildman–Crippen LogP) is 4.64. The molecule has 0 amide bonds. The van der Waals surface area contributed by atoms with Gasteiger partial charge < -0.3 is 5.11 Å². The van der Waals surface area contributed by atoms with E-state index >= 15 is 0 Å². The Bertz CT molecular complexity index is 252. The van der Waals surface area contributed by atoms with Crippen molar-refractivity contribution in [1.29, 1.82) is 0 Å². The van der Waals surface area contributed by atoms with E-state index < -0.39 is 5.60 Å². The summed E-state index contributed by atoms with van der Waals surface area (Å²) in [5.41, 5.74) is -0.0508. The highest BCUT2D eigenvalue weighted by molar-refractivity contribution is 4.98. The van der Waals surface area contributed by atoms with Gasteiger partial charge in [-0.1, -0.05) is 54.4 Å². The molecule has 1 aliphatic rings. The van der Waals surface area contributed by atoms with E-state index in [4.69, 9.17) is 0 Å². The molecule has 0 bridgehead atoms. The van der Waals surface area contributed by atoms with Crippen LogP contribution in [0.3, 0.4) is 0 Å². The molecule has 17 heavy (non-hydrogen) atoms. The maximum absolute atomic E-state index is 10.9. The second-order valence-electron chi connectivity index (χ2n) is 8.42. The molecule has 1 nitrogen and oxygen atoms in total. The molecule has 0 heterocycles. The van der Waals surface area contributed by atoms with Gasteiger partial charge in [0.05, 0.1) is 5.60 Å². The minimum absolute atomic E-state index is 0.172. The predicted molar refractivity (Wildman–Crippen MR) is 75.0 cm³/mol. The van der Waals surface area contributed by atoms with Gasteiger partial charge in [-0.3, -0.25) is 0 Å². The summed E-state index contributed by atoms with van der Waals surface area (Å²) < 4.78 is 0. The molecule has 0 aromatic heterocycles. The fourth-order valence-corrected chi connectivity index (χ4v) is 4.07. The standard InChI is InChI=1S/C16H32O/c1-14(2,3)12-10-8-9-11-16(7,17)13(12)15(4,5)6/h12-13,17H,8-11H2,1-7H3. The lowest BCUT2D eigenvalue weighted by atomic mass is 9.58. The zero-order valence-electron chi connectivity index (χ0n) is 12.9. The van der Waals surface area contributed by atoms with Crippen molar-refractivity contribution in [3.63, 3.8) is 0 Å². The average molecular weight is 240 g/mol. The van der Waals surface area contributed by atoms with E-state index in [2.05, 4.69) is 48.5 Å². The summed E-state index contributed by atoms with van der Waals surface area (Å²) in [5, 5.41) is 10.9. The number of hydrogen-bond acceptors (Lipinski definition) is 1. The van der Waals surface area contributed by atoms with Crippen LogP contribution in [0.5, 0.6) is 0 Å². The topological polar surface area (TPSA) is 20.2 Å². The summed E-state index contributed by atoms with van der Waals surface area (Å²) in [5.74, 6) is 0.998. The second kappa shape index (κ2) is 4.57. The van der Waals surface area contributed by atoms with E-state index in [9.17, 15) is 5.11 Å². The van der Waals surface area contributed by atoms with E-state index in [0.717, 1.165) is 6.42 Å². The lowest BCUT2D eigenvalue weighted by Crippen LogP contribution is -2.48. The van der Waals surface area contributed by atoms with E-state index in [-0.39, 0.29) is 10.8 Å². The number of aliphatic hydroxyl groups is 1. The zero-order valence-corrected chi connectivity index (χ0v) is 12.9. The Hall–Kier alpha value is -0.0400. The van der Waals surface area contributed by atoms with Crippen LogP contribution >= 0.6 is 0 Å². The van der Waals surface area contributed by atoms with Crippen LogP contribution in [0.1, 0.15) is 74.1 Å². The van der Waals surface area contributed by atoms with Crippen LogP contribution in [0.2, 0.25) is 0 Å². The Labute approximate surface area is 108 Å². The van der Waals surface area contributed by atoms with Crippen molar-refractivity contribution in [3.8, 4) is 0 Å². The molecule has 3 unspecified atom stereocenters. The lowest BCUT2D eigenvalue weighted by molar-refractivity contribution is -0.0970. The summed E-state index contributed by atoms with van der Waals surface area (Å²) in [7, 11) is 0. The summed E-state index contributed by atoms with van der Waals surface area (Å²) >= 11 is 0. The lowest BCUT2D eigenvalue weighted by Gasteiger charge is -2.49. The molecule has 102 valence electrons. The van der Waals surface area contributed by atoms with Gasteiger partial charge in [0.25, 0.3) is 0 Å². The first-order valence-electron chi connectivity index (χ1n) is 7.18. The Morgan fingerprint density at radius 3 is 1.88 bits per heavy atom. The first-order valence-corrected chi connectivity index (χ1v) is 7.18. The number of rotatable bonds is 0. The van der Waals surface area contributed by atoms with E-state index in [0.29, 0.717) is 11.8 Å². The Morgan fingerprint density at radius 1 is 0.941 bits per heavy atom. The maximum atomic E-state index is 10.9. The van der Waals surface area contributed by atoms with Crippen molar-refractivity contribution in [3.05, 3.63) is 0 Å². The van der Waals surface area contributed by atoms with Crippen molar-refractivity contribution < 1.29 is 5.11 Å². The highest BCUT2D eigenvalue weighted by Gasteiger charge is 2.48. The third-order valence-corrected chi connectivity index (χ3v) is 4.57. The van der Waals surface area contributed by atoms with E-state index in [1.807, 2.05) is 0 Å². The van der Waals surface area contributed by atoms with Gasteiger partial charge in [0.2, 0.25) is 0 Å². The van der Waals surface area contributed by atoms with E-state index in [1.165, 1.54) is 19.3 Å². The molecule has 0 aromatic carbocycles. The van der Waals surface area contributed by atoms with Crippen molar-refractivity contribution in [2.24, 2.45) is 22.7 Å². The molecule has 1 heteroatoms. The van der Waals surface area contributed by atoms with Crippen molar-refractivity contribution >= 4 is 0 Å². The second-order valence-corrected chi connectivity index (χ2v) is 8.42. The monoisotopic (exact) mass is 240 g/mol. The average Bonchev–Trinajstić information content (AvgIpc) is 2.20. The van der Waals surface area contributed by atoms with Gasteiger partial charge in [0, 0.05) is 0 Å². The van der Waals surface area contributed by atoms with Crippen LogP contribution in [0, 0.1) is 22.7 Å². The molecule has 1 aliphatic carbocycles. The quantitative estimate of drug-likeness (QED) is 0.612. The SMILES string of the molecule is CC(C)(C)C1CCCCC(C)(O)C1C(C)(C)C. The Kier molecular flexibility index (Phi) is 4.04. The zero-order chi connectivity index (χ0) is 13.5. The molecule has 1 rings (SSSR count). The summed E-state index contributed by atoms with van der Waals surface area (Å²) in [6, 6.07) is 0. The van der Waals surface area contributed by atoms with Crippen molar-refractivity contribution in [1.82, 2.24) is 0 Å². The smallest absolute Gasteiger partial charge is 0.0655 e. The largest absolute Gasteiger partial charge is 0.390 e. The van der Waals surface area contributed by atoms with Crippen molar-refractivity contribution in [2.45, 2.75) is 79.8 Å². The van der Waals surface area contributed by atoms with Crippen LogP contribution in [0.25, 0.3) is 0 Å². The molecule has 0 aromatic rings. The van der Waals surface area contributed by atoms with Gasteiger partial charge in [-0.2, -0.15) is 0 Å². The normalized spacial score (nSPS) is 36.7. The van der Waals surface area contributed by atoms with Gasteiger partial charge in [-0.25, -0.2) is 0 Å². The number of hydrogen-bond donors (Lipinski definition) is 1. The van der Waals surface area contributed by atoms with Gasteiger partial charge in [0.1, 0.15) is 0 Å². The molecule has 0 aliphatic heterocycles. The molecular weight excluding hydrogens is 208 g/mol. The van der Waals surface area contributed by atoms with Gasteiger partial charge >= 0.3 is 0 Å². The Balaban J connectivity index is 3.16. The highest BCUT2D eigenvalue weighted by Crippen LogP contribution is 2.51. The van der Waals surface area contributed by atoms with Crippen LogP contribution in [0.4, 0.5) is 0 Å². The fourth-order valence-electron chi connectivity index (χ4n) is 4.07. The van der Waals surface area contributed by atoms with Crippen LogP contribution < -0.4 is 0 Å². The summed E-state index contributed by atoms with van der Waals surface area (Å²) in [6.07, 6.45) is 4.67. The van der Waals surface area contributed by atoms with Gasteiger partial charge in [-0.05, 0) is 42.4 Å². The maximum Gasteiger partial charge on any atom is 0.0655 e. The molecule has 1 saturated carbocycles.